The van der Waals surface area contributed by atoms with Crippen LogP contribution in [0.5, 0.6) is 5.75 Å². The number of esters is 1. The van der Waals surface area contributed by atoms with Crippen LogP contribution in [0.15, 0.2) is 85.1 Å². The Hall–Kier alpha value is -5.14. The molecular weight excluding hydrogens is 775 g/mol. The molecule has 2 N–H and O–H groups in total. The monoisotopic (exact) mass is 835 g/mol. The van der Waals surface area contributed by atoms with Crippen LogP contribution in [0.3, 0.4) is 0 Å². The number of fused-ring (bicyclic) bond motifs is 1. The second-order valence-corrected chi connectivity index (χ2v) is 16.5. The van der Waals surface area contributed by atoms with Gasteiger partial charge >= 0.3 is 5.97 Å². The van der Waals surface area contributed by atoms with E-state index < -0.39 is 5.60 Å². The second kappa shape index (κ2) is 23.2. The molecule has 0 bridgehead atoms. The molecule has 0 saturated heterocycles. The van der Waals surface area contributed by atoms with E-state index in [0.29, 0.717) is 86.7 Å². The predicted octanol–water partition coefficient (Wildman–Crippen LogP) is 8.47. The van der Waals surface area contributed by atoms with E-state index in [2.05, 4.69) is 27.8 Å². The lowest BCUT2D eigenvalue weighted by Crippen LogP contribution is -2.31. The first kappa shape index (κ1) is 45.4. The Kier molecular flexibility index (Phi) is 17.2. The quantitative estimate of drug-likeness (QED) is 0.0552. The molecule has 0 aliphatic heterocycles. The van der Waals surface area contributed by atoms with E-state index in [4.69, 9.17) is 28.4 Å². The number of amides is 2. The summed E-state index contributed by atoms with van der Waals surface area (Å²) < 4.78 is 33.8. The number of aromatic nitrogens is 1. The summed E-state index contributed by atoms with van der Waals surface area (Å²) in [6.45, 7) is 9.03. The fourth-order valence-electron chi connectivity index (χ4n) is 7.21. The molecule has 2 aliphatic carbocycles. The molecule has 1 saturated carbocycles. The van der Waals surface area contributed by atoms with Gasteiger partial charge in [0.15, 0.2) is 0 Å². The summed E-state index contributed by atoms with van der Waals surface area (Å²) in [7, 11) is 0. The van der Waals surface area contributed by atoms with Gasteiger partial charge in [-0.15, -0.1) is 0 Å². The molecule has 0 radical (unpaired) electrons. The molecule has 1 heterocycles. The van der Waals surface area contributed by atoms with Gasteiger partial charge in [-0.25, -0.2) is 0 Å². The fourth-order valence-corrected chi connectivity index (χ4v) is 7.21. The van der Waals surface area contributed by atoms with Crippen molar-refractivity contribution in [3.8, 4) is 17.0 Å². The molecule has 6 rings (SSSR count). The lowest BCUT2D eigenvalue weighted by molar-refractivity contribution is -0.156. The average molecular weight is 836 g/mol. The lowest BCUT2D eigenvalue weighted by Gasteiger charge is -2.27. The average Bonchev–Trinajstić information content (AvgIpc) is 3.23. The van der Waals surface area contributed by atoms with Crippen molar-refractivity contribution in [3.63, 3.8) is 0 Å². The first-order valence-electron chi connectivity index (χ1n) is 21.7. The van der Waals surface area contributed by atoms with Crippen molar-refractivity contribution >= 4 is 23.5 Å². The van der Waals surface area contributed by atoms with Gasteiger partial charge in [-0.05, 0) is 131 Å². The summed E-state index contributed by atoms with van der Waals surface area (Å²) in [4.78, 5) is 43.7. The van der Waals surface area contributed by atoms with Crippen molar-refractivity contribution in [1.82, 2.24) is 10.3 Å². The number of nitrogens with one attached hydrogen (secondary N) is 2. The van der Waals surface area contributed by atoms with Crippen LogP contribution in [-0.2, 0) is 41.3 Å². The largest absolute Gasteiger partial charge is 0.490 e. The lowest BCUT2D eigenvalue weighted by atomic mass is 9.87. The van der Waals surface area contributed by atoms with Gasteiger partial charge in [-0.2, -0.15) is 0 Å². The summed E-state index contributed by atoms with van der Waals surface area (Å²) >= 11 is 0. The van der Waals surface area contributed by atoms with E-state index in [9.17, 15) is 14.4 Å². The van der Waals surface area contributed by atoms with Gasteiger partial charge in [0.1, 0.15) is 11.4 Å². The van der Waals surface area contributed by atoms with Crippen LogP contribution in [0.25, 0.3) is 11.3 Å². The number of ether oxygens (including phenoxy) is 6. The Morgan fingerprint density at radius 2 is 1.44 bits per heavy atom. The van der Waals surface area contributed by atoms with Gasteiger partial charge in [-0.1, -0.05) is 36.4 Å². The molecule has 4 aromatic rings. The smallest absolute Gasteiger partial charge is 0.308 e. The number of hydrogen-bond acceptors (Lipinski definition) is 10. The minimum absolute atomic E-state index is 0.0490. The van der Waals surface area contributed by atoms with E-state index in [0.717, 1.165) is 56.9 Å². The van der Waals surface area contributed by atoms with Crippen LogP contribution in [0.1, 0.15) is 109 Å². The number of pyridine rings is 1. The highest BCUT2D eigenvalue weighted by molar-refractivity contribution is 6.06. The SMILES string of the molecule is CC(C)(C)OC(=O)CCOCCOCCOCCOCCCc1cccc(C(=O)Nc2ccc(OC3CCC3)cc2-c2cc(C(=O)N[C@H]3CCCc4ccccc43)ccn2)c1. The number of hydrogen-bond donors (Lipinski definition) is 2. The van der Waals surface area contributed by atoms with Crippen molar-refractivity contribution in [2.45, 2.75) is 96.3 Å². The van der Waals surface area contributed by atoms with Crippen LogP contribution < -0.4 is 15.4 Å². The molecule has 326 valence electrons. The molecule has 1 atom stereocenters. The second-order valence-electron chi connectivity index (χ2n) is 16.5. The molecule has 1 fully saturated rings. The van der Waals surface area contributed by atoms with Crippen LogP contribution >= 0.6 is 0 Å². The van der Waals surface area contributed by atoms with Gasteiger partial charge in [0, 0.05) is 29.5 Å². The molecule has 12 heteroatoms. The molecule has 0 spiro atoms. The molecule has 12 nitrogen and oxygen atoms in total. The highest BCUT2D eigenvalue weighted by Gasteiger charge is 2.24. The van der Waals surface area contributed by atoms with Gasteiger partial charge in [-0.3, -0.25) is 19.4 Å². The van der Waals surface area contributed by atoms with Gasteiger partial charge in [0.05, 0.1) is 76.2 Å². The predicted molar refractivity (Wildman–Crippen MR) is 234 cm³/mol. The van der Waals surface area contributed by atoms with E-state index >= 15 is 0 Å². The minimum atomic E-state index is -0.492. The molecule has 61 heavy (non-hydrogen) atoms. The maximum Gasteiger partial charge on any atom is 0.308 e. The first-order chi connectivity index (χ1) is 29.6. The van der Waals surface area contributed by atoms with Crippen LogP contribution in [-0.4, -0.2) is 87.3 Å². The zero-order valence-electron chi connectivity index (χ0n) is 35.9. The van der Waals surface area contributed by atoms with E-state index in [1.165, 1.54) is 11.1 Å². The topological polar surface area (TPSA) is 144 Å². The number of carbonyl (C=O) groups is 3. The summed E-state index contributed by atoms with van der Waals surface area (Å²) in [5.41, 5.74) is 5.84. The van der Waals surface area contributed by atoms with E-state index in [1.807, 2.05) is 69.3 Å². The van der Waals surface area contributed by atoms with Crippen LogP contribution in [0.2, 0.25) is 0 Å². The zero-order valence-corrected chi connectivity index (χ0v) is 35.9. The highest BCUT2D eigenvalue weighted by atomic mass is 16.6. The van der Waals surface area contributed by atoms with E-state index in [-0.39, 0.29) is 36.4 Å². The first-order valence-corrected chi connectivity index (χ1v) is 21.7. The number of carbonyl (C=O) groups excluding carboxylic acids is 3. The Balaban J connectivity index is 0.942. The third kappa shape index (κ3) is 14.8. The van der Waals surface area contributed by atoms with Crippen LogP contribution in [0, 0.1) is 0 Å². The zero-order chi connectivity index (χ0) is 42.9. The van der Waals surface area contributed by atoms with Crippen molar-refractivity contribution in [2.24, 2.45) is 0 Å². The maximum absolute atomic E-state index is 13.7. The Morgan fingerprint density at radius 1 is 0.721 bits per heavy atom. The Morgan fingerprint density at radius 3 is 2.18 bits per heavy atom. The van der Waals surface area contributed by atoms with E-state index in [1.54, 1.807) is 24.4 Å². The summed E-state index contributed by atoms with van der Waals surface area (Å²) in [6, 6.07) is 25.0. The molecule has 0 unspecified atom stereocenters. The van der Waals surface area contributed by atoms with Crippen molar-refractivity contribution in [1.29, 1.82) is 0 Å². The summed E-state index contributed by atoms with van der Waals surface area (Å²) in [5, 5.41) is 6.36. The number of anilines is 1. The number of nitrogens with zero attached hydrogens (tertiary/aromatic N) is 1. The number of aryl methyl sites for hydroxylation is 2. The highest BCUT2D eigenvalue weighted by Crippen LogP contribution is 2.35. The molecule has 3 aromatic carbocycles. The van der Waals surface area contributed by atoms with Gasteiger partial charge in [0.2, 0.25) is 0 Å². The maximum atomic E-state index is 13.7. The molecule has 1 aromatic heterocycles. The van der Waals surface area contributed by atoms with Crippen molar-refractivity contribution in [3.05, 3.63) is 113 Å². The Labute approximate surface area is 360 Å². The molecular formula is C49H61N3O9. The minimum Gasteiger partial charge on any atom is -0.490 e. The Bertz CT molecular complexity index is 2040. The number of benzene rings is 3. The number of rotatable bonds is 23. The third-order valence-electron chi connectivity index (χ3n) is 10.5. The van der Waals surface area contributed by atoms with Crippen LogP contribution in [0.4, 0.5) is 5.69 Å². The summed E-state index contributed by atoms with van der Waals surface area (Å²) in [6.07, 6.45) is 9.67. The summed E-state index contributed by atoms with van der Waals surface area (Å²) in [5.74, 6) is 0.0145. The normalized spacial score (nSPS) is 15.0. The van der Waals surface area contributed by atoms with Crippen molar-refractivity contribution in [2.75, 3.05) is 58.2 Å². The standard InChI is InChI=1S/C49H61N3O9/c1-49(2,3)61-46(53)22-25-57-27-29-59-31-30-58-28-26-56-24-9-11-35-10-6-14-37(32-35)47(54)52-44-20-19-40(60-39-15-8-16-39)34-42(44)45-33-38(21-23-50-45)48(55)51-43-18-7-13-36-12-4-5-17-41(36)43/h4-6,10,12,14,17,19-21,23,32-34,39,43H,7-9,11,13,15-16,18,22,24-31H2,1-3H3,(H,51,55)(H,52,54)/t43-/m0/s1. The third-order valence-corrected chi connectivity index (χ3v) is 10.5. The van der Waals surface area contributed by atoms with Crippen molar-refractivity contribution < 1.29 is 42.8 Å². The molecule has 2 aliphatic rings. The molecule has 2 amide bonds. The van der Waals surface area contributed by atoms with Gasteiger partial charge in [0.25, 0.3) is 11.8 Å². The van der Waals surface area contributed by atoms with Gasteiger partial charge < -0.3 is 39.1 Å². The fraction of sp³-hybridized carbons (Fsp3) is 0.469.